The molecule has 1 atom stereocenters. The quantitative estimate of drug-likeness (QED) is 0.639. The zero-order valence-electron chi connectivity index (χ0n) is 8.33. The van der Waals surface area contributed by atoms with E-state index in [-0.39, 0.29) is 23.9 Å². The van der Waals surface area contributed by atoms with Crippen molar-refractivity contribution >= 4 is 11.6 Å². The van der Waals surface area contributed by atoms with Gasteiger partial charge in [-0.1, -0.05) is 0 Å². The van der Waals surface area contributed by atoms with Gasteiger partial charge in [-0.2, -0.15) is 0 Å². The lowest BCUT2D eigenvalue weighted by Crippen LogP contribution is -2.35. The van der Waals surface area contributed by atoms with Crippen molar-refractivity contribution in [3.63, 3.8) is 0 Å². The van der Waals surface area contributed by atoms with E-state index in [9.17, 15) is 9.18 Å². The summed E-state index contributed by atoms with van der Waals surface area (Å²) in [5.41, 5.74) is 5.80. The molecular weight excluding hydrogens is 199 g/mol. The van der Waals surface area contributed by atoms with Crippen LogP contribution in [-0.2, 0) is 0 Å². The minimum Gasteiger partial charge on any atom is -0.398 e. The summed E-state index contributed by atoms with van der Waals surface area (Å²) in [4.78, 5) is 11.5. The number of aliphatic hydroxyl groups is 1. The van der Waals surface area contributed by atoms with Crippen molar-refractivity contribution in [1.29, 1.82) is 0 Å². The van der Waals surface area contributed by atoms with Crippen LogP contribution in [0.5, 0.6) is 0 Å². The summed E-state index contributed by atoms with van der Waals surface area (Å²) < 4.78 is 12.8. The monoisotopic (exact) mass is 212 g/mol. The fourth-order valence-electron chi connectivity index (χ4n) is 1.07. The zero-order chi connectivity index (χ0) is 11.4. The standard InChI is InChI=1S/C10H13FN2O2/c1-6(5-14)13-10(15)8-4-7(11)2-3-9(8)12/h2-4,6,14H,5,12H2,1H3,(H,13,15)/t6-/m1/s1. The van der Waals surface area contributed by atoms with E-state index in [0.717, 1.165) is 6.07 Å². The number of hydrogen-bond acceptors (Lipinski definition) is 3. The van der Waals surface area contributed by atoms with Gasteiger partial charge in [0.2, 0.25) is 0 Å². The molecule has 0 fully saturated rings. The topological polar surface area (TPSA) is 75.3 Å². The molecule has 0 aliphatic carbocycles. The maximum absolute atomic E-state index is 12.8. The van der Waals surface area contributed by atoms with Gasteiger partial charge in [0.15, 0.2) is 0 Å². The van der Waals surface area contributed by atoms with Crippen molar-refractivity contribution < 1.29 is 14.3 Å². The van der Waals surface area contributed by atoms with Crippen molar-refractivity contribution in [3.05, 3.63) is 29.6 Å². The second-order valence-electron chi connectivity index (χ2n) is 3.29. The van der Waals surface area contributed by atoms with Crippen LogP contribution < -0.4 is 11.1 Å². The van der Waals surface area contributed by atoms with Crippen LogP contribution in [0.3, 0.4) is 0 Å². The first kappa shape index (κ1) is 11.5. The third kappa shape index (κ3) is 2.92. The molecular formula is C10H13FN2O2. The largest absolute Gasteiger partial charge is 0.398 e. The molecule has 0 aliphatic rings. The van der Waals surface area contributed by atoms with Gasteiger partial charge in [0.05, 0.1) is 12.2 Å². The molecule has 0 heterocycles. The van der Waals surface area contributed by atoms with E-state index in [4.69, 9.17) is 10.8 Å². The van der Waals surface area contributed by atoms with Crippen LogP contribution in [0.2, 0.25) is 0 Å². The summed E-state index contributed by atoms with van der Waals surface area (Å²) in [6.07, 6.45) is 0. The SMILES string of the molecule is C[C@H](CO)NC(=O)c1cc(F)ccc1N. The Hall–Kier alpha value is -1.62. The second kappa shape index (κ2) is 4.75. The van der Waals surface area contributed by atoms with Gasteiger partial charge in [-0.15, -0.1) is 0 Å². The van der Waals surface area contributed by atoms with E-state index in [1.165, 1.54) is 12.1 Å². The Balaban J connectivity index is 2.86. The highest BCUT2D eigenvalue weighted by Crippen LogP contribution is 2.13. The molecule has 1 aromatic rings. The second-order valence-corrected chi connectivity index (χ2v) is 3.29. The minimum atomic E-state index is -0.522. The highest BCUT2D eigenvalue weighted by atomic mass is 19.1. The van der Waals surface area contributed by atoms with Crippen LogP contribution in [-0.4, -0.2) is 23.7 Å². The molecule has 0 saturated carbocycles. The number of aliphatic hydroxyl groups excluding tert-OH is 1. The summed E-state index contributed by atoms with van der Waals surface area (Å²) in [5, 5.41) is 11.2. The van der Waals surface area contributed by atoms with Crippen molar-refractivity contribution in [2.45, 2.75) is 13.0 Å². The number of halogens is 1. The van der Waals surface area contributed by atoms with Gasteiger partial charge in [0, 0.05) is 11.7 Å². The molecule has 0 radical (unpaired) electrons. The number of rotatable bonds is 3. The number of amides is 1. The number of carbonyl (C=O) groups is 1. The number of benzene rings is 1. The first-order chi connectivity index (χ1) is 7.04. The Morgan fingerprint density at radius 3 is 2.93 bits per heavy atom. The van der Waals surface area contributed by atoms with Gasteiger partial charge in [-0.25, -0.2) is 4.39 Å². The van der Waals surface area contributed by atoms with Crippen molar-refractivity contribution in [2.75, 3.05) is 12.3 Å². The minimum absolute atomic E-state index is 0.0790. The molecule has 1 amide bonds. The number of nitrogen functional groups attached to an aromatic ring is 1. The summed E-state index contributed by atoms with van der Waals surface area (Å²) in [7, 11) is 0. The smallest absolute Gasteiger partial charge is 0.253 e. The third-order valence-corrected chi connectivity index (χ3v) is 1.91. The van der Waals surface area contributed by atoms with Crippen LogP contribution in [0.15, 0.2) is 18.2 Å². The molecule has 82 valence electrons. The lowest BCUT2D eigenvalue weighted by molar-refractivity contribution is 0.0923. The van der Waals surface area contributed by atoms with E-state index < -0.39 is 11.7 Å². The molecule has 0 aromatic heterocycles. The summed E-state index contributed by atoms with van der Waals surface area (Å²) in [6.45, 7) is 1.45. The molecule has 1 aromatic carbocycles. The van der Waals surface area contributed by atoms with Crippen molar-refractivity contribution in [3.8, 4) is 0 Å². The predicted octanol–water partition coefficient (Wildman–Crippen LogP) is 0.519. The first-order valence-corrected chi connectivity index (χ1v) is 4.51. The predicted molar refractivity (Wildman–Crippen MR) is 54.8 cm³/mol. The Morgan fingerprint density at radius 1 is 1.67 bits per heavy atom. The van der Waals surface area contributed by atoms with Gasteiger partial charge < -0.3 is 16.2 Å². The fraction of sp³-hybridized carbons (Fsp3) is 0.300. The fourth-order valence-corrected chi connectivity index (χ4v) is 1.07. The van der Waals surface area contributed by atoms with E-state index in [0.29, 0.717) is 0 Å². The van der Waals surface area contributed by atoms with E-state index in [1.54, 1.807) is 6.92 Å². The number of nitrogens with one attached hydrogen (secondary N) is 1. The Morgan fingerprint density at radius 2 is 2.33 bits per heavy atom. The van der Waals surface area contributed by atoms with Gasteiger partial charge in [0.1, 0.15) is 5.82 Å². The maximum atomic E-state index is 12.8. The maximum Gasteiger partial charge on any atom is 0.253 e. The highest BCUT2D eigenvalue weighted by Gasteiger charge is 2.12. The molecule has 1 rings (SSSR count). The van der Waals surface area contributed by atoms with Gasteiger partial charge in [-0.3, -0.25) is 4.79 Å². The lowest BCUT2D eigenvalue weighted by Gasteiger charge is -2.11. The van der Waals surface area contributed by atoms with E-state index in [1.807, 2.05) is 0 Å². The number of nitrogens with two attached hydrogens (primary N) is 1. The normalized spacial score (nSPS) is 12.2. The Kier molecular flexibility index (Phi) is 3.62. The third-order valence-electron chi connectivity index (χ3n) is 1.91. The molecule has 0 bridgehead atoms. The summed E-state index contributed by atoms with van der Waals surface area (Å²) in [6, 6.07) is 3.18. The molecule has 5 heteroatoms. The highest BCUT2D eigenvalue weighted by molar-refractivity contribution is 5.99. The van der Waals surface area contributed by atoms with Gasteiger partial charge in [-0.05, 0) is 25.1 Å². The molecule has 4 nitrogen and oxygen atoms in total. The molecule has 15 heavy (non-hydrogen) atoms. The molecule has 0 unspecified atom stereocenters. The van der Waals surface area contributed by atoms with Crippen LogP contribution in [0, 0.1) is 5.82 Å². The number of anilines is 1. The van der Waals surface area contributed by atoms with Crippen LogP contribution in [0.25, 0.3) is 0 Å². The summed E-state index contributed by atoms with van der Waals surface area (Å²) in [5.74, 6) is -1.01. The molecule has 0 saturated heterocycles. The Bertz CT molecular complexity index is 368. The van der Waals surface area contributed by atoms with E-state index >= 15 is 0 Å². The van der Waals surface area contributed by atoms with Crippen molar-refractivity contribution in [2.24, 2.45) is 0 Å². The summed E-state index contributed by atoms with van der Waals surface area (Å²) >= 11 is 0. The average Bonchev–Trinajstić information content (AvgIpc) is 2.21. The van der Waals surface area contributed by atoms with Gasteiger partial charge in [0.25, 0.3) is 5.91 Å². The van der Waals surface area contributed by atoms with E-state index in [2.05, 4.69) is 5.32 Å². The first-order valence-electron chi connectivity index (χ1n) is 4.51. The number of carbonyl (C=O) groups excluding carboxylic acids is 1. The van der Waals surface area contributed by atoms with Gasteiger partial charge >= 0.3 is 0 Å². The molecule has 0 spiro atoms. The van der Waals surface area contributed by atoms with Crippen LogP contribution in [0.1, 0.15) is 17.3 Å². The number of hydrogen-bond donors (Lipinski definition) is 3. The van der Waals surface area contributed by atoms with Crippen molar-refractivity contribution in [1.82, 2.24) is 5.32 Å². The van der Waals surface area contributed by atoms with Crippen LogP contribution >= 0.6 is 0 Å². The molecule has 0 aliphatic heterocycles. The molecule has 4 N–H and O–H groups in total. The lowest BCUT2D eigenvalue weighted by atomic mass is 10.1. The zero-order valence-corrected chi connectivity index (χ0v) is 8.33. The van der Waals surface area contributed by atoms with Crippen LogP contribution in [0.4, 0.5) is 10.1 Å². The average molecular weight is 212 g/mol. The Labute approximate surface area is 86.9 Å².